The molecule has 0 saturated heterocycles. The van der Waals surface area contributed by atoms with E-state index in [-0.39, 0.29) is 45.7 Å². The van der Waals surface area contributed by atoms with Crippen molar-refractivity contribution in [2.24, 2.45) is 58.2 Å². The van der Waals surface area contributed by atoms with Crippen LogP contribution < -0.4 is 9.46 Å². The lowest BCUT2D eigenvalue weighted by atomic mass is 9.41. The van der Waals surface area contributed by atoms with Gasteiger partial charge in [-0.25, -0.2) is 13.1 Å². The van der Waals surface area contributed by atoms with Crippen LogP contribution in [0.15, 0.2) is 29.2 Å². The molecule has 11 heteroatoms. The standard InChI is InChI=1S/C34H50F3NO6S/c1-6-24-28-18-21(39)13-15-33(28,5)27-14-16-32(4)25(11-12-26(32)29(27)30(24)40)19(2)17-20(3)31(41)38-45(42,43)23-9-7-22(8-10-23)44-34(35,36)37/h7-10,19-21,24-30,39-40H,6,11-18H2,1-5H3,(H,38,41)/t19-,20-,21-,24-,25-,26+,27+,28?,29+,30-,32-,33-/m1/s1. The molecule has 4 saturated carbocycles. The van der Waals surface area contributed by atoms with Crippen LogP contribution in [-0.4, -0.2) is 43.1 Å². The maximum Gasteiger partial charge on any atom is 0.573 e. The summed E-state index contributed by atoms with van der Waals surface area (Å²) in [7, 11) is -4.28. The Balaban J connectivity index is 1.25. The van der Waals surface area contributed by atoms with E-state index in [9.17, 15) is 36.6 Å². The van der Waals surface area contributed by atoms with Crippen LogP contribution in [0.3, 0.4) is 0 Å². The van der Waals surface area contributed by atoms with E-state index in [1.807, 2.05) is 0 Å². The molecule has 3 N–H and O–H groups in total. The molecule has 0 heterocycles. The highest BCUT2D eigenvalue weighted by molar-refractivity contribution is 7.90. The average molecular weight is 658 g/mol. The molecule has 5 rings (SSSR count). The first-order chi connectivity index (χ1) is 20.9. The summed E-state index contributed by atoms with van der Waals surface area (Å²) in [5, 5.41) is 22.5. The minimum atomic E-state index is -4.90. The molecule has 254 valence electrons. The Morgan fingerprint density at radius 2 is 1.62 bits per heavy atom. The van der Waals surface area contributed by atoms with E-state index in [0.717, 1.165) is 75.6 Å². The first-order valence-electron chi connectivity index (χ1n) is 16.7. The Labute approximate surface area is 265 Å². The van der Waals surface area contributed by atoms with E-state index in [1.165, 1.54) is 0 Å². The Morgan fingerprint density at radius 1 is 1.00 bits per heavy atom. The van der Waals surface area contributed by atoms with Gasteiger partial charge in [0.25, 0.3) is 10.0 Å². The highest BCUT2D eigenvalue weighted by atomic mass is 32.2. The van der Waals surface area contributed by atoms with Crippen molar-refractivity contribution in [1.29, 1.82) is 0 Å². The molecule has 1 aromatic rings. The summed E-state index contributed by atoms with van der Waals surface area (Å²) in [4.78, 5) is 12.8. The first-order valence-corrected chi connectivity index (χ1v) is 18.2. The lowest BCUT2D eigenvalue weighted by molar-refractivity contribution is -0.274. The third-order valence-electron chi connectivity index (χ3n) is 12.9. The van der Waals surface area contributed by atoms with Crippen molar-refractivity contribution in [2.75, 3.05) is 0 Å². The van der Waals surface area contributed by atoms with Gasteiger partial charge in [0.05, 0.1) is 17.1 Å². The van der Waals surface area contributed by atoms with Gasteiger partial charge in [0.1, 0.15) is 5.75 Å². The zero-order chi connectivity index (χ0) is 33.1. The summed E-state index contributed by atoms with van der Waals surface area (Å²) in [6, 6.07) is 3.74. The van der Waals surface area contributed by atoms with Gasteiger partial charge < -0.3 is 14.9 Å². The van der Waals surface area contributed by atoms with Crippen molar-refractivity contribution >= 4 is 15.9 Å². The minimum Gasteiger partial charge on any atom is -0.406 e. The third-order valence-corrected chi connectivity index (χ3v) is 14.3. The number of carbonyl (C=O) groups is 1. The summed E-state index contributed by atoms with van der Waals surface area (Å²) in [6.45, 7) is 10.8. The molecule has 0 aliphatic heterocycles. The number of nitrogens with one attached hydrogen (secondary N) is 1. The number of halogens is 3. The fourth-order valence-electron chi connectivity index (χ4n) is 10.9. The zero-order valence-corrected chi connectivity index (χ0v) is 27.8. The van der Waals surface area contributed by atoms with Gasteiger partial charge in [0, 0.05) is 5.92 Å². The predicted molar refractivity (Wildman–Crippen MR) is 163 cm³/mol. The number of amides is 1. The summed E-state index contributed by atoms with van der Waals surface area (Å²) < 4.78 is 69.0. The molecule has 1 unspecified atom stereocenters. The van der Waals surface area contributed by atoms with Crippen LogP contribution in [0.25, 0.3) is 0 Å². The first kappa shape index (κ1) is 34.5. The van der Waals surface area contributed by atoms with Crippen LogP contribution in [-0.2, 0) is 14.8 Å². The second-order valence-electron chi connectivity index (χ2n) is 15.2. The number of sulfonamides is 1. The number of carbonyl (C=O) groups excluding carboxylic acids is 1. The number of benzene rings is 1. The number of ether oxygens (including phenoxy) is 1. The molecule has 0 aromatic heterocycles. The summed E-state index contributed by atoms with van der Waals surface area (Å²) in [5.74, 6) is 0.250. The second-order valence-corrected chi connectivity index (χ2v) is 16.9. The lowest BCUT2D eigenvalue weighted by Crippen LogP contribution is -2.62. The van der Waals surface area contributed by atoms with Crippen LogP contribution in [0.4, 0.5) is 13.2 Å². The highest BCUT2D eigenvalue weighted by Crippen LogP contribution is 2.69. The number of rotatable bonds is 8. The summed E-state index contributed by atoms with van der Waals surface area (Å²) >= 11 is 0. The Hall–Kier alpha value is -1.85. The normalized spacial score (nSPS) is 39.6. The van der Waals surface area contributed by atoms with Gasteiger partial charge >= 0.3 is 6.36 Å². The van der Waals surface area contributed by atoms with E-state index in [1.54, 1.807) is 6.92 Å². The smallest absolute Gasteiger partial charge is 0.406 e. The van der Waals surface area contributed by atoms with Crippen molar-refractivity contribution < 1.29 is 41.3 Å². The van der Waals surface area contributed by atoms with E-state index in [2.05, 4.69) is 37.2 Å². The number of fused-ring (bicyclic) bond motifs is 5. The predicted octanol–water partition coefficient (Wildman–Crippen LogP) is 6.68. The van der Waals surface area contributed by atoms with E-state index in [0.29, 0.717) is 30.1 Å². The van der Waals surface area contributed by atoms with Crippen LogP contribution in [0.5, 0.6) is 5.75 Å². The average Bonchev–Trinajstić information content (AvgIpc) is 3.30. The molecule has 0 radical (unpaired) electrons. The molecule has 4 fully saturated rings. The fourth-order valence-corrected chi connectivity index (χ4v) is 12.0. The Bertz CT molecular complexity index is 1340. The maximum absolute atomic E-state index is 13.1. The van der Waals surface area contributed by atoms with E-state index < -0.39 is 34.0 Å². The van der Waals surface area contributed by atoms with E-state index >= 15 is 0 Å². The quantitative estimate of drug-likeness (QED) is 0.288. The third kappa shape index (κ3) is 6.39. The van der Waals surface area contributed by atoms with Crippen LogP contribution in [0.1, 0.15) is 92.4 Å². The molecule has 1 aromatic carbocycles. The number of hydrogen-bond donors (Lipinski definition) is 3. The van der Waals surface area contributed by atoms with Gasteiger partial charge in [0.15, 0.2) is 0 Å². The molecule has 45 heavy (non-hydrogen) atoms. The number of alkyl halides is 3. The van der Waals surface area contributed by atoms with Crippen LogP contribution in [0, 0.1) is 58.2 Å². The topological polar surface area (TPSA) is 113 Å². The fraction of sp³-hybridized carbons (Fsp3) is 0.794. The number of aliphatic hydroxyl groups excluding tert-OH is 2. The molecular weight excluding hydrogens is 607 g/mol. The van der Waals surface area contributed by atoms with Crippen molar-refractivity contribution in [3.05, 3.63) is 24.3 Å². The summed E-state index contributed by atoms with van der Waals surface area (Å²) in [5.41, 5.74) is 0.137. The lowest BCUT2D eigenvalue weighted by Gasteiger charge is -2.64. The monoisotopic (exact) mass is 657 g/mol. The largest absolute Gasteiger partial charge is 0.573 e. The molecule has 0 bridgehead atoms. The SMILES string of the molecule is CC[C@@H]1C2C[C@H](O)CC[C@]2(C)[C@H]2CC[C@]3(C)[C@@H]([C@H](C)C[C@@H](C)C(=O)NS(=O)(=O)c4ccc(OC(F)(F)F)cc4)CC[C@H]3[C@@H]2[C@@H]1O. The molecule has 1 amide bonds. The van der Waals surface area contributed by atoms with E-state index in [4.69, 9.17) is 0 Å². The Morgan fingerprint density at radius 3 is 2.24 bits per heavy atom. The number of aliphatic hydroxyl groups is 2. The molecule has 12 atom stereocenters. The van der Waals surface area contributed by atoms with Crippen LogP contribution >= 0.6 is 0 Å². The number of hydrogen-bond acceptors (Lipinski definition) is 6. The molecule has 7 nitrogen and oxygen atoms in total. The highest BCUT2D eigenvalue weighted by Gasteiger charge is 2.65. The van der Waals surface area contributed by atoms with Gasteiger partial charge in [0.2, 0.25) is 5.91 Å². The molecular formula is C34H50F3NO6S. The summed E-state index contributed by atoms with van der Waals surface area (Å²) in [6.07, 6.45) is 2.62. The van der Waals surface area contributed by atoms with Crippen molar-refractivity contribution in [3.8, 4) is 5.75 Å². The van der Waals surface area contributed by atoms with Crippen molar-refractivity contribution in [2.45, 2.75) is 116 Å². The van der Waals surface area contributed by atoms with Crippen molar-refractivity contribution in [1.82, 2.24) is 4.72 Å². The maximum atomic E-state index is 13.1. The molecule has 4 aliphatic rings. The van der Waals surface area contributed by atoms with Crippen LogP contribution in [0.2, 0.25) is 0 Å². The Kier molecular flexibility index (Phi) is 9.43. The molecule has 0 spiro atoms. The molecule has 4 aliphatic carbocycles. The van der Waals surface area contributed by atoms with Gasteiger partial charge in [-0.15, -0.1) is 13.2 Å². The van der Waals surface area contributed by atoms with Gasteiger partial charge in [-0.3, -0.25) is 4.79 Å². The van der Waals surface area contributed by atoms with Gasteiger partial charge in [-0.1, -0.05) is 41.0 Å². The second kappa shape index (κ2) is 12.3. The minimum absolute atomic E-state index is 0.0136. The zero-order valence-electron chi connectivity index (χ0n) is 27.0. The van der Waals surface area contributed by atoms with Gasteiger partial charge in [-0.2, -0.15) is 0 Å². The van der Waals surface area contributed by atoms with Gasteiger partial charge in [-0.05, 0) is 128 Å². The van der Waals surface area contributed by atoms with Crippen molar-refractivity contribution in [3.63, 3.8) is 0 Å².